The van der Waals surface area contributed by atoms with Crippen molar-refractivity contribution < 1.29 is 9.53 Å². The lowest BCUT2D eigenvalue weighted by Crippen LogP contribution is -2.37. The van der Waals surface area contributed by atoms with Crippen LogP contribution in [0.2, 0.25) is 5.02 Å². The number of ether oxygens (including phenoxy) is 1. The second-order valence-corrected chi connectivity index (χ2v) is 7.17. The Kier molecular flexibility index (Phi) is 7.38. The Labute approximate surface area is 150 Å². The van der Waals surface area contributed by atoms with E-state index < -0.39 is 0 Å². The first-order chi connectivity index (χ1) is 11.5. The third-order valence-corrected chi connectivity index (χ3v) is 4.95. The molecule has 24 heavy (non-hydrogen) atoms. The summed E-state index contributed by atoms with van der Waals surface area (Å²) >= 11 is 6.36. The maximum Gasteiger partial charge on any atom is 0.216 e. The lowest BCUT2D eigenvalue weighted by Gasteiger charge is -2.32. The van der Waals surface area contributed by atoms with Crippen LogP contribution in [0.3, 0.4) is 0 Å². The van der Waals surface area contributed by atoms with Gasteiger partial charge in [0, 0.05) is 20.0 Å². The summed E-state index contributed by atoms with van der Waals surface area (Å²) < 4.78 is 5.82. The largest absolute Gasteiger partial charge is 0.489 e. The third-order valence-electron chi connectivity index (χ3n) is 4.65. The number of nitrogens with one attached hydrogen (secondary N) is 1. The highest BCUT2D eigenvalue weighted by atomic mass is 35.5. The molecule has 4 nitrogen and oxygen atoms in total. The van der Waals surface area contributed by atoms with E-state index in [-0.39, 0.29) is 12.0 Å². The van der Waals surface area contributed by atoms with Crippen LogP contribution in [-0.2, 0) is 11.3 Å². The Morgan fingerprint density at radius 1 is 1.42 bits per heavy atom. The second kappa shape index (κ2) is 9.28. The fourth-order valence-electron chi connectivity index (χ4n) is 2.93. The molecule has 2 rings (SSSR count). The molecule has 1 heterocycles. The molecular formula is C19H29ClN2O2. The van der Waals surface area contributed by atoms with Gasteiger partial charge in [0.2, 0.25) is 5.91 Å². The van der Waals surface area contributed by atoms with Crippen molar-refractivity contribution in [2.75, 3.05) is 19.6 Å². The van der Waals surface area contributed by atoms with Crippen LogP contribution < -0.4 is 10.1 Å². The third kappa shape index (κ3) is 5.99. The summed E-state index contributed by atoms with van der Waals surface area (Å²) in [5.74, 6) is 1.43. The van der Waals surface area contributed by atoms with E-state index in [9.17, 15) is 4.79 Å². The summed E-state index contributed by atoms with van der Waals surface area (Å²) in [4.78, 5) is 13.4. The van der Waals surface area contributed by atoms with Gasteiger partial charge in [-0.2, -0.15) is 0 Å². The van der Waals surface area contributed by atoms with E-state index in [2.05, 4.69) is 30.1 Å². The molecule has 0 unspecified atom stereocenters. The molecule has 0 radical (unpaired) electrons. The number of nitrogens with zero attached hydrogens (tertiary/aromatic N) is 1. The summed E-state index contributed by atoms with van der Waals surface area (Å²) in [5, 5.41) is 3.61. The van der Waals surface area contributed by atoms with Gasteiger partial charge in [0.1, 0.15) is 5.75 Å². The topological polar surface area (TPSA) is 41.6 Å². The Bertz CT molecular complexity index is 542. The zero-order valence-electron chi connectivity index (χ0n) is 15.0. The molecule has 134 valence electrons. The molecule has 1 aliphatic heterocycles. The van der Waals surface area contributed by atoms with Crippen molar-refractivity contribution in [1.29, 1.82) is 0 Å². The maximum absolute atomic E-state index is 11.0. The van der Waals surface area contributed by atoms with E-state index in [0.29, 0.717) is 10.9 Å². The SMILES string of the molecule is CC[C@@H](C)Oc1ccc(CN2CCC(CNC(C)=O)CC2)cc1Cl. The second-order valence-electron chi connectivity index (χ2n) is 6.76. The minimum Gasteiger partial charge on any atom is -0.489 e. The van der Waals surface area contributed by atoms with Gasteiger partial charge in [0.25, 0.3) is 0 Å². The summed E-state index contributed by atoms with van der Waals surface area (Å²) in [6, 6.07) is 6.10. The summed E-state index contributed by atoms with van der Waals surface area (Å²) in [6.07, 6.45) is 3.40. The van der Waals surface area contributed by atoms with Gasteiger partial charge < -0.3 is 10.1 Å². The fourth-order valence-corrected chi connectivity index (χ4v) is 3.18. The molecule has 5 heteroatoms. The van der Waals surface area contributed by atoms with Crippen LogP contribution in [0.1, 0.15) is 45.6 Å². The number of hydrogen-bond acceptors (Lipinski definition) is 3. The lowest BCUT2D eigenvalue weighted by atomic mass is 9.96. The van der Waals surface area contributed by atoms with Gasteiger partial charge in [-0.3, -0.25) is 9.69 Å². The zero-order chi connectivity index (χ0) is 17.5. The van der Waals surface area contributed by atoms with Gasteiger partial charge in [-0.1, -0.05) is 24.6 Å². The van der Waals surface area contributed by atoms with E-state index in [1.54, 1.807) is 6.92 Å². The Balaban J connectivity index is 1.82. The molecule has 1 fully saturated rings. The predicted molar refractivity (Wildman–Crippen MR) is 98.5 cm³/mol. The Morgan fingerprint density at radius 3 is 2.71 bits per heavy atom. The smallest absolute Gasteiger partial charge is 0.216 e. The first-order valence-corrected chi connectivity index (χ1v) is 9.27. The van der Waals surface area contributed by atoms with E-state index in [1.165, 1.54) is 5.56 Å². The molecule has 0 aliphatic carbocycles. The van der Waals surface area contributed by atoms with Crippen LogP contribution in [0.25, 0.3) is 0 Å². The Morgan fingerprint density at radius 2 is 2.12 bits per heavy atom. The van der Waals surface area contributed by atoms with Crippen LogP contribution in [0.4, 0.5) is 0 Å². The number of likely N-dealkylation sites (tertiary alicyclic amines) is 1. The summed E-state index contributed by atoms with van der Waals surface area (Å²) in [6.45, 7) is 9.57. The first kappa shape index (κ1) is 19.1. The number of benzene rings is 1. The molecule has 1 N–H and O–H groups in total. The van der Waals surface area contributed by atoms with Crippen molar-refractivity contribution in [3.63, 3.8) is 0 Å². The number of halogens is 1. The molecule has 1 aliphatic rings. The summed E-state index contributed by atoms with van der Waals surface area (Å²) in [5.41, 5.74) is 1.22. The average Bonchev–Trinajstić information content (AvgIpc) is 2.56. The summed E-state index contributed by atoms with van der Waals surface area (Å²) in [7, 11) is 0. The highest BCUT2D eigenvalue weighted by Gasteiger charge is 2.19. The van der Waals surface area contributed by atoms with Gasteiger partial charge in [-0.05, 0) is 62.9 Å². The monoisotopic (exact) mass is 352 g/mol. The number of piperidine rings is 1. The highest BCUT2D eigenvalue weighted by molar-refractivity contribution is 6.32. The molecule has 1 saturated heterocycles. The Hall–Kier alpha value is -1.26. The number of rotatable bonds is 7. The molecule has 1 amide bonds. The fraction of sp³-hybridized carbons (Fsp3) is 0.632. The highest BCUT2D eigenvalue weighted by Crippen LogP contribution is 2.28. The molecule has 1 aromatic carbocycles. The van der Waals surface area contributed by atoms with Crippen molar-refractivity contribution >= 4 is 17.5 Å². The molecule has 1 aromatic rings. The standard InChI is InChI=1S/C19H29ClN2O2/c1-4-14(2)24-19-6-5-17(11-18(19)20)13-22-9-7-16(8-10-22)12-21-15(3)23/h5-6,11,14,16H,4,7-10,12-13H2,1-3H3,(H,21,23)/t14-/m1/s1. The van der Waals surface area contributed by atoms with Crippen LogP contribution in [-0.4, -0.2) is 36.5 Å². The van der Waals surface area contributed by atoms with Gasteiger partial charge >= 0.3 is 0 Å². The first-order valence-electron chi connectivity index (χ1n) is 8.89. The molecular weight excluding hydrogens is 324 g/mol. The molecule has 1 atom stereocenters. The van der Waals surface area contributed by atoms with Gasteiger partial charge in [-0.25, -0.2) is 0 Å². The molecule has 0 saturated carbocycles. The molecule has 0 spiro atoms. The van der Waals surface area contributed by atoms with Crippen LogP contribution >= 0.6 is 11.6 Å². The minimum absolute atomic E-state index is 0.0618. The normalized spacial score (nSPS) is 17.5. The van der Waals surface area contributed by atoms with Crippen molar-refractivity contribution in [3.8, 4) is 5.75 Å². The maximum atomic E-state index is 11.0. The number of carbonyl (C=O) groups excluding carboxylic acids is 1. The lowest BCUT2D eigenvalue weighted by molar-refractivity contribution is -0.119. The zero-order valence-corrected chi connectivity index (χ0v) is 15.7. The van der Waals surface area contributed by atoms with Gasteiger partial charge in [-0.15, -0.1) is 0 Å². The number of hydrogen-bond donors (Lipinski definition) is 1. The van der Waals surface area contributed by atoms with Crippen LogP contribution in [0.15, 0.2) is 18.2 Å². The van der Waals surface area contributed by atoms with E-state index in [1.807, 2.05) is 12.1 Å². The van der Waals surface area contributed by atoms with Gasteiger partial charge in [0.05, 0.1) is 11.1 Å². The van der Waals surface area contributed by atoms with Crippen molar-refractivity contribution in [2.24, 2.45) is 5.92 Å². The van der Waals surface area contributed by atoms with E-state index in [4.69, 9.17) is 16.3 Å². The van der Waals surface area contributed by atoms with E-state index in [0.717, 1.165) is 51.2 Å². The van der Waals surface area contributed by atoms with Crippen molar-refractivity contribution in [1.82, 2.24) is 10.2 Å². The van der Waals surface area contributed by atoms with Crippen molar-refractivity contribution in [3.05, 3.63) is 28.8 Å². The average molecular weight is 353 g/mol. The molecule has 0 aromatic heterocycles. The minimum atomic E-state index is 0.0618. The quantitative estimate of drug-likeness (QED) is 0.810. The van der Waals surface area contributed by atoms with Gasteiger partial charge in [0.15, 0.2) is 0 Å². The molecule has 0 bridgehead atoms. The number of amides is 1. The van der Waals surface area contributed by atoms with Crippen LogP contribution in [0.5, 0.6) is 5.75 Å². The van der Waals surface area contributed by atoms with Crippen LogP contribution in [0, 0.1) is 5.92 Å². The number of carbonyl (C=O) groups is 1. The van der Waals surface area contributed by atoms with Crippen molar-refractivity contribution in [2.45, 2.75) is 52.7 Å². The predicted octanol–water partition coefficient (Wildman–Crippen LogP) is 3.87. The van der Waals surface area contributed by atoms with E-state index >= 15 is 0 Å².